The predicted octanol–water partition coefficient (Wildman–Crippen LogP) is 13.3. The zero-order valence-corrected chi connectivity index (χ0v) is 30.2. The van der Waals surface area contributed by atoms with Crippen LogP contribution in [0.15, 0.2) is 183 Å². The Kier molecular flexibility index (Phi) is 6.79. The van der Waals surface area contributed by atoms with Crippen LogP contribution in [0.1, 0.15) is 0 Å². The third-order valence-corrected chi connectivity index (χ3v) is 10.9. The minimum atomic E-state index is 0.538. The normalized spacial score (nSPS) is 11.9. The number of benzene rings is 7. The van der Waals surface area contributed by atoms with Crippen LogP contribution in [0.5, 0.6) is 0 Å². The summed E-state index contributed by atoms with van der Waals surface area (Å²) < 4.78 is 19.4. The molecule has 7 nitrogen and oxygen atoms in total. The second-order valence-corrected chi connectivity index (χ2v) is 14.2. The fourth-order valence-corrected chi connectivity index (χ4v) is 8.16. The molecule has 7 aromatic carbocycles. The Bertz CT molecular complexity index is 3530. The van der Waals surface area contributed by atoms with Crippen molar-refractivity contribution in [1.29, 1.82) is 0 Å². The van der Waals surface area contributed by atoms with Gasteiger partial charge in [-0.1, -0.05) is 109 Å². The molecule has 0 aliphatic rings. The average molecular weight is 733 g/mol. The molecule has 0 unspecified atom stereocenters. The fraction of sp³-hybridized carbons (Fsp3) is 0. The molecule has 0 amide bonds. The molecule has 12 aromatic rings. The number of rotatable bonds is 5. The summed E-state index contributed by atoms with van der Waals surface area (Å²) in [6, 6.07) is 53.4. The van der Waals surface area contributed by atoms with Gasteiger partial charge in [0.2, 0.25) is 0 Å². The van der Waals surface area contributed by atoms with Gasteiger partial charge in [0, 0.05) is 72.5 Å². The highest BCUT2D eigenvalue weighted by molar-refractivity contribution is 6.19. The molecule has 0 aliphatic carbocycles. The van der Waals surface area contributed by atoms with Crippen LogP contribution in [0.2, 0.25) is 0 Å². The Morgan fingerprint density at radius 2 is 0.912 bits per heavy atom. The maximum absolute atomic E-state index is 6.69. The first-order valence-corrected chi connectivity index (χ1v) is 18.8. The molecule has 0 saturated heterocycles. The molecular formula is C50H28N4O3. The molecule has 12 rings (SSSR count). The summed E-state index contributed by atoms with van der Waals surface area (Å²) in [5, 5.41) is 6.41. The van der Waals surface area contributed by atoms with Crippen molar-refractivity contribution in [2.24, 2.45) is 0 Å². The highest BCUT2D eigenvalue weighted by atomic mass is 16.3. The van der Waals surface area contributed by atoms with Gasteiger partial charge in [-0.3, -0.25) is 4.98 Å². The van der Waals surface area contributed by atoms with Crippen molar-refractivity contribution in [1.82, 2.24) is 19.9 Å². The van der Waals surface area contributed by atoms with Crippen molar-refractivity contribution in [2.75, 3.05) is 0 Å². The Balaban J connectivity index is 0.986. The summed E-state index contributed by atoms with van der Waals surface area (Å²) in [7, 11) is 0. The predicted molar refractivity (Wildman–Crippen MR) is 227 cm³/mol. The van der Waals surface area contributed by atoms with E-state index in [1.165, 1.54) is 0 Å². The lowest BCUT2D eigenvalue weighted by atomic mass is 9.93. The first-order valence-electron chi connectivity index (χ1n) is 18.8. The van der Waals surface area contributed by atoms with E-state index < -0.39 is 0 Å². The molecule has 266 valence electrons. The van der Waals surface area contributed by atoms with Gasteiger partial charge in [-0.25, -0.2) is 15.0 Å². The fourth-order valence-electron chi connectivity index (χ4n) is 8.16. The maximum Gasteiger partial charge on any atom is 0.165 e. The minimum Gasteiger partial charge on any atom is -0.456 e. The number of para-hydroxylation sites is 4. The number of hydrogen-bond acceptors (Lipinski definition) is 7. The van der Waals surface area contributed by atoms with Gasteiger partial charge in [0.05, 0.1) is 0 Å². The Hall–Kier alpha value is -7.90. The molecule has 7 heteroatoms. The monoisotopic (exact) mass is 732 g/mol. The summed E-state index contributed by atoms with van der Waals surface area (Å²) in [5.41, 5.74) is 11.6. The van der Waals surface area contributed by atoms with Gasteiger partial charge in [0.25, 0.3) is 0 Å². The average Bonchev–Trinajstić information content (AvgIpc) is 3.98. The van der Waals surface area contributed by atoms with Gasteiger partial charge in [-0.05, 0) is 59.7 Å². The lowest BCUT2D eigenvalue weighted by Crippen LogP contribution is -2.00. The first kappa shape index (κ1) is 31.5. The van der Waals surface area contributed by atoms with Crippen LogP contribution in [0.25, 0.3) is 122 Å². The molecule has 57 heavy (non-hydrogen) atoms. The molecule has 0 spiro atoms. The van der Waals surface area contributed by atoms with Gasteiger partial charge < -0.3 is 13.3 Å². The molecule has 0 aliphatic heterocycles. The van der Waals surface area contributed by atoms with Crippen molar-refractivity contribution < 1.29 is 13.3 Å². The zero-order chi connectivity index (χ0) is 37.5. The third-order valence-electron chi connectivity index (χ3n) is 10.9. The number of pyridine rings is 1. The van der Waals surface area contributed by atoms with E-state index in [4.69, 9.17) is 28.2 Å². The summed E-state index contributed by atoms with van der Waals surface area (Å²) in [6.45, 7) is 0. The summed E-state index contributed by atoms with van der Waals surface area (Å²) in [4.78, 5) is 19.2. The number of hydrogen-bond donors (Lipinski definition) is 0. The van der Waals surface area contributed by atoms with Crippen molar-refractivity contribution in [3.63, 3.8) is 0 Å². The highest BCUT2D eigenvalue weighted by Crippen LogP contribution is 2.45. The van der Waals surface area contributed by atoms with Crippen LogP contribution < -0.4 is 0 Å². The SMILES string of the molecule is c1cncc(-c2nc(-c3ccc(-c4ccc(-c5cccc6c5oc5ccccc56)c5c4oc4ccccc45)cc3)nc(-c3ccc4c(c3)oc3ccccc34)n2)c1. The molecular weight excluding hydrogens is 705 g/mol. The van der Waals surface area contributed by atoms with Crippen molar-refractivity contribution >= 4 is 65.8 Å². The molecule has 5 aromatic heterocycles. The van der Waals surface area contributed by atoms with E-state index in [9.17, 15) is 0 Å². The van der Waals surface area contributed by atoms with Crippen LogP contribution in [-0.2, 0) is 0 Å². The lowest BCUT2D eigenvalue weighted by Gasteiger charge is -2.10. The second kappa shape index (κ2) is 12.3. The third kappa shape index (κ3) is 4.99. The van der Waals surface area contributed by atoms with E-state index in [0.717, 1.165) is 105 Å². The van der Waals surface area contributed by atoms with Crippen molar-refractivity contribution in [3.8, 4) is 56.4 Å². The van der Waals surface area contributed by atoms with Crippen LogP contribution in [0.4, 0.5) is 0 Å². The summed E-state index contributed by atoms with van der Waals surface area (Å²) in [6.07, 6.45) is 3.51. The molecule has 0 atom stereocenters. The molecule has 0 N–H and O–H groups in total. The molecule has 0 bridgehead atoms. The number of fused-ring (bicyclic) bond motifs is 9. The Labute approximate surface area is 324 Å². The van der Waals surface area contributed by atoms with Crippen LogP contribution in [-0.4, -0.2) is 19.9 Å². The van der Waals surface area contributed by atoms with E-state index in [1.54, 1.807) is 12.4 Å². The minimum absolute atomic E-state index is 0.538. The van der Waals surface area contributed by atoms with Crippen LogP contribution >= 0.6 is 0 Å². The Morgan fingerprint density at radius 3 is 1.68 bits per heavy atom. The quantitative estimate of drug-likeness (QED) is 0.174. The summed E-state index contributed by atoms with van der Waals surface area (Å²) in [5.74, 6) is 1.64. The van der Waals surface area contributed by atoms with Crippen molar-refractivity contribution in [2.45, 2.75) is 0 Å². The smallest absolute Gasteiger partial charge is 0.165 e. The number of nitrogens with zero attached hydrogens (tertiary/aromatic N) is 4. The van der Waals surface area contributed by atoms with Gasteiger partial charge in [-0.2, -0.15) is 0 Å². The lowest BCUT2D eigenvalue weighted by molar-refractivity contribution is 0.668. The maximum atomic E-state index is 6.69. The van der Waals surface area contributed by atoms with Gasteiger partial charge in [0.1, 0.15) is 33.5 Å². The van der Waals surface area contributed by atoms with E-state index in [0.29, 0.717) is 17.5 Å². The molecule has 0 radical (unpaired) electrons. The second-order valence-electron chi connectivity index (χ2n) is 14.2. The molecule has 5 heterocycles. The first-order chi connectivity index (χ1) is 28.2. The highest BCUT2D eigenvalue weighted by Gasteiger charge is 2.21. The molecule has 0 saturated carbocycles. The summed E-state index contributed by atoms with van der Waals surface area (Å²) >= 11 is 0. The van der Waals surface area contributed by atoms with Gasteiger partial charge in [-0.15, -0.1) is 0 Å². The number of furan rings is 3. The van der Waals surface area contributed by atoms with Crippen LogP contribution in [0.3, 0.4) is 0 Å². The Morgan fingerprint density at radius 1 is 0.333 bits per heavy atom. The van der Waals surface area contributed by atoms with E-state index in [1.807, 2.05) is 72.8 Å². The van der Waals surface area contributed by atoms with Gasteiger partial charge >= 0.3 is 0 Å². The van der Waals surface area contributed by atoms with E-state index in [-0.39, 0.29) is 0 Å². The van der Waals surface area contributed by atoms with E-state index >= 15 is 0 Å². The van der Waals surface area contributed by atoms with Crippen molar-refractivity contribution in [3.05, 3.63) is 170 Å². The zero-order valence-electron chi connectivity index (χ0n) is 30.2. The standard InChI is InChI=1S/C50H28N4O3/c1-4-15-41-34(10-1)36-23-22-31(27-44(36)55-41)49-52-48(53-50(54-49)32-9-8-26-51-28-32)30-20-18-29(19-21-30)33-24-25-37(45-40-12-3-6-17-43(40)57-47(33)45)39-14-7-13-38-35-11-2-5-16-42(35)56-46(38)39/h1-28H. The molecule has 0 fully saturated rings. The van der Waals surface area contributed by atoms with Crippen LogP contribution in [0, 0.1) is 0 Å². The number of aromatic nitrogens is 4. The topological polar surface area (TPSA) is 91.0 Å². The van der Waals surface area contributed by atoms with E-state index in [2.05, 4.69) is 89.9 Å². The largest absolute Gasteiger partial charge is 0.456 e. The van der Waals surface area contributed by atoms with Gasteiger partial charge in [0.15, 0.2) is 17.5 Å².